The Kier molecular flexibility index (Phi) is 9.26. The molecule has 202 valence electrons. The SMILES string of the molecule is CC[C@@H]1C[C@H](NS(=O)(=O)C2CC2)C[C@@H]1C(=O)O.CC[C@@H]1C[C@H](NS(=O)(=O)C2CC2)C[C@@H]1C(=O)OC. The zero-order valence-electron chi connectivity index (χ0n) is 20.8. The van der Waals surface area contributed by atoms with Gasteiger partial charge in [-0.25, -0.2) is 26.3 Å². The van der Waals surface area contributed by atoms with E-state index in [0.717, 1.165) is 44.9 Å². The summed E-state index contributed by atoms with van der Waals surface area (Å²) in [6.07, 6.45) is 7.06. The van der Waals surface area contributed by atoms with Gasteiger partial charge in [-0.3, -0.25) is 9.59 Å². The maximum atomic E-state index is 11.9. The number of rotatable bonds is 10. The number of carboxylic acids is 1. The first kappa shape index (κ1) is 28.3. The summed E-state index contributed by atoms with van der Waals surface area (Å²) < 4.78 is 57.5. The maximum absolute atomic E-state index is 11.9. The van der Waals surface area contributed by atoms with Crippen molar-refractivity contribution >= 4 is 32.0 Å². The van der Waals surface area contributed by atoms with Gasteiger partial charge in [-0.05, 0) is 63.2 Å². The fourth-order valence-electron chi connectivity index (χ4n) is 5.50. The number of hydrogen-bond acceptors (Lipinski definition) is 7. The lowest BCUT2D eigenvalue weighted by molar-refractivity contribution is -0.146. The van der Waals surface area contributed by atoms with Crippen molar-refractivity contribution in [2.75, 3.05) is 7.11 Å². The molecular weight excluding hydrogens is 496 g/mol. The minimum Gasteiger partial charge on any atom is -0.481 e. The zero-order chi connectivity index (χ0) is 26.0. The molecule has 0 saturated heterocycles. The number of carbonyl (C=O) groups excluding carboxylic acids is 1. The highest BCUT2D eigenvalue weighted by Gasteiger charge is 2.44. The molecule has 0 radical (unpaired) electrons. The summed E-state index contributed by atoms with van der Waals surface area (Å²) in [5.41, 5.74) is 0. The minimum absolute atomic E-state index is 0.0967. The van der Waals surface area contributed by atoms with Gasteiger partial charge in [0.15, 0.2) is 0 Å². The lowest BCUT2D eigenvalue weighted by Crippen LogP contribution is -2.35. The van der Waals surface area contributed by atoms with Crippen molar-refractivity contribution < 1.29 is 36.3 Å². The molecule has 35 heavy (non-hydrogen) atoms. The molecule has 0 bridgehead atoms. The van der Waals surface area contributed by atoms with E-state index >= 15 is 0 Å². The van der Waals surface area contributed by atoms with E-state index < -0.39 is 31.9 Å². The van der Waals surface area contributed by atoms with E-state index in [2.05, 4.69) is 9.44 Å². The summed E-state index contributed by atoms with van der Waals surface area (Å²) in [6.45, 7) is 3.98. The highest BCUT2D eigenvalue weighted by molar-refractivity contribution is 7.90. The molecule has 4 aliphatic carbocycles. The van der Waals surface area contributed by atoms with Crippen molar-refractivity contribution in [3.8, 4) is 0 Å². The van der Waals surface area contributed by atoms with E-state index in [1.807, 2.05) is 13.8 Å². The fourth-order valence-corrected chi connectivity index (χ4v) is 8.71. The Labute approximate surface area is 209 Å². The molecule has 0 aromatic rings. The summed E-state index contributed by atoms with van der Waals surface area (Å²) in [4.78, 5) is 22.7. The van der Waals surface area contributed by atoms with Crippen LogP contribution < -0.4 is 9.44 Å². The molecule has 0 unspecified atom stereocenters. The lowest BCUT2D eigenvalue weighted by Gasteiger charge is -2.14. The van der Waals surface area contributed by atoms with Crippen molar-refractivity contribution in [1.82, 2.24) is 9.44 Å². The Morgan fingerprint density at radius 1 is 0.771 bits per heavy atom. The first-order valence-corrected chi connectivity index (χ1v) is 15.8. The van der Waals surface area contributed by atoms with Gasteiger partial charge in [0.05, 0.1) is 29.4 Å². The van der Waals surface area contributed by atoms with Gasteiger partial charge in [-0.15, -0.1) is 0 Å². The number of aliphatic carboxylic acids is 1. The number of methoxy groups -OCH3 is 1. The lowest BCUT2D eigenvalue weighted by atomic mass is 9.94. The van der Waals surface area contributed by atoms with Crippen LogP contribution in [0.2, 0.25) is 0 Å². The monoisotopic (exact) mass is 536 g/mol. The van der Waals surface area contributed by atoms with Crippen LogP contribution in [0.3, 0.4) is 0 Å². The Balaban J connectivity index is 0.000000196. The Hall–Kier alpha value is -1.24. The highest BCUT2D eigenvalue weighted by atomic mass is 32.2. The summed E-state index contributed by atoms with van der Waals surface area (Å²) in [7, 11) is -4.97. The highest BCUT2D eigenvalue weighted by Crippen LogP contribution is 2.38. The molecule has 3 N–H and O–H groups in total. The molecule has 0 aromatic carbocycles. The second-order valence-corrected chi connectivity index (χ2v) is 14.5. The third-order valence-corrected chi connectivity index (χ3v) is 11.9. The van der Waals surface area contributed by atoms with E-state index in [1.54, 1.807) is 0 Å². The van der Waals surface area contributed by atoms with Gasteiger partial charge in [0.25, 0.3) is 0 Å². The summed E-state index contributed by atoms with van der Waals surface area (Å²) in [5.74, 6) is -1.25. The van der Waals surface area contributed by atoms with Crippen molar-refractivity contribution in [1.29, 1.82) is 0 Å². The zero-order valence-corrected chi connectivity index (χ0v) is 22.4. The molecule has 0 spiro atoms. The van der Waals surface area contributed by atoms with Crippen LogP contribution in [0.1, 0.15) is 78.1 Å². The Morgan fingerprint density at radius 3 is 1.49 bits per heavy atom. The van der Waals surface area contributed by atoms with Crippen molar-refractivity contribution in [3.05, 3.63) is 0 Å². The van der Waals surface area contributed by atoms with Gasteiger partial charge < -0.3 is 9.84 Å². The molecule has 4 fully saturated rings. The average Bonchev–Trinajstić information content (AvgIpc) is 3.72. The van der Waals surface area contributed by atoms with Crippen molar-refractivity contribution in [2.24, 2.45) is 23.7 Å². The first-order chi connectivity index (χ1) is 16.4. The van der Waals surface area contributed by atoms with E-state index in [1.165, 1.54) is 7.11 Å². The topological polar surface area (TPSA) is 156 Å². The number of hydrogen-bond donors (Lipinski definition) is 3. The van der Waals surface area contributed by atoms with Gasteiger partial charge in [0.2, 0.25) is 20.0 Å². The molecule has 0 aliphatic heterocycles. The molecule has 4 rings (SSSR count). The normalized spacial score (nSPS) is 33.1. The van der Waals surface area contributed by atoms with Crippen LogP contribution in [0.4, 0.5) is 0 Å². The quantitative estimate of drug-likeness (QED) is 0.358. The predicted octanol–water partition coefficient (Wildman–Crippen LogP) is 2.00. The van der Waals surface area contributed by atoms with Crippen molar-refractivity contribution in [3.63, 3.8) is 0 Å². The predicted molar refractivity (Wildman–Crippen MR) is 130 cm³/mol. The van der Waals surface area contributed by atoms with Gasteiger partial charge in [0.1, 0.15) is 0 Å². The fraction of sp³-hybridized carbons (Fsp3) is 0.913. The van der Waals surface area contributed by atoms with Gasteiger partial charge in [-0.2, -0.15) is 0 Å². The molecule has 4 saturated carbocycles. The smallest absolute Gasteiger partial charge is 0.308 e. The molecular formula is C23H40N2O8S2. The second-order valence-electron chi connectivity index (χ2n) is 10.5. The number of esters is 1. The van der Waals surface area contributed by atoms with E-state index in [9.17, 15) is 26.4 Å². The molecule has 4 aliphatic rings. The van der Waals surface area contributed by atoms with Gasteiger partial charge in [0, 0.05) is 12.1 Å². The van der Waals surface area contributed by atoms with Crippen LogP contribution in [0, 0.1) is 23.7 Å². The standard InChI is InChI=1S/C12H21NO4S.C11H19NO4S/c1-3-8-6-9(7-11(8)12(14)17-2)13-18(15,16)10-4-5-10;1-2-7-5-8(6-10(7)11(13)14)12-17(15,16)9-3-4-9/h8-11,13H,3-7H2,1-2H3;7-10,12H,2-6H2,1H3,(H,13,14)/t8-,9+,11+;7-,8+,10+/m11/s1. The van der Waals surface area contributed by atoms with Crippen LogP contribution in [0.25, 0.3) is 0 Å². The van der Waals surface area contributed by atoms with E-state index in [4.69, 9.17) is 9.84 Å². The van der Waals surface area contributed by atoms with Crippen LogP contribution in [0.15, 0.2) is 0 Å². The summed E-state index contributed by atoms with van der Waals surface area (Å²) >= 11 is 0. The van der Waals surface area contributed by atoms with Crippen LogP contribution in [-0.4, -0.2) is 63.6 Å². The minimum atomic E-state index is -3.19. The molecule has 0 aromatic heterocycles. The Bertz CT molecular complexity index is 975. The first-order valence-electron chi connectivity index (χ1n) is 12.7. The number of ether oxygens (including phenoxy) is 1. The number of sulfonamides is 2. The summed E-state index contributed by atoms with van der Waals surface area (Å²) in [5, 5.41) is 8.65. The van der Waals surface area contributed by atoms with E-state index in [0.29, 0.717) is 19.3 Å². The third-order valence-electron chi connectivity index (χ3n) is 7.85. The molecule has 0 heterocycles. The Morgan fingerprint density at radius 2 is 1.17 bits per heavy atom. The number of carboxylic acid groups (broad SMARTS) is 1. The summed E-state index contributed by atoms with van der Waals surface area (Å²) in [6, 6.07) is -0.295. The van der Waals surface area contributed by atoms with Crippen LogP contribution in [0.5, 0.6) is 0 Å². The number of carbonyl (C=O) groups is 2. The van der Waals surface area contributed by atoms with Gasteiger partial charge in [-0.1, -0.05) is 26.7 Å². The molecule has 12 heteroatoms. The molecule has 10 nitrogen and oxygen atoms in total. The van der Waals surface area contributed by atoms with Crippen LogP contribution >= 0.6 is 0 Å². The molecule has 6 atom stereocenters. The largest absolute Gasteiger partial charge is 0.481 e. The third kappa shape index (κ3) is 7.39. The van der Waals surface area contributed by atoms with Crippen LogP contribution in [-0.2, 0) is 34.4 Å². The van der Waals surface area contributed by atoms with Crippen molar-refractivity contribution in [2.45, 2.75) is 101 Å². The van der Waals surface area contributed by atoms with E-state index in [-0.39, 0.29) is 46.3 Å². The molecule has 0 amide bonds. The number of nitrogens with one attached hydrogen (secondary N) is 2. The second kappa shape index (κ2) is 11.4. The maximum Gasteiger partial charge on any atom is 0.308 e. The average molecular weight is 537 g/mol. The van der Waals surface area contributed by atoms with Gasteiger partial charge >= 0.3 is 11.9 Å².